The molecule has 2 unspecified atom stereocenters. The van der Waals surface area contributed by atoms with E-state index >= 15 is 0 Å². The van der Waals surface area contributed by atoms with Gasteiger partial charge < -0.3 is 29.7 Å². The molecule has 2 aromatic carbocycles. The van der Waals surface area contributed by atoms with Gasteiger partial charge in [0.2, 0.25) is 0 Å². The second kappa shape index (κ2) is 10.3. The van der Waals surface area contributed by atoms with Gasteiger partial charge in [-0.2, -0.15) is 0 Å². The average Bonchev–Trinajstić information content (AvgIpc) is 2.75. The molecule has 0 saturated heterocycles. The number of hydrogen-bond donors (Lipinski definition) is 3. The molecule has 0 radical (unpaired) electrons. The Kier molecular flexibility index (Phi) is 7.79. The maximum Gasteiger partial charge on any atom is 0.407 e. The molecule has 8 heteroatoms. The quantitative estimate of drug-likeness (QED) is 0.590. The number of hydrogen-bond acceptors (Lipinski definition) is 7. The van der Waals surface area contributed by atoms with Crippen molar-refractivity contribution in [2.45, 2.75) is 18.8 Å². The number of aliphatic hydroxyl groups is 2. The number of nitrogens with one attached hydrogen (secondary N) is 1. The van der Waals surface area contributed by atoms with E-state index in [1.165, 1.54) is 32.4 Å². The fraction of sp³-hybridized carbons (Fsp3) is 0.300. The number of carbonyl (C=O) groups is 2. The van der Waals surface area contributed by atoms with Crippen LogP contribution in [-0.4, -0.2) is 49.1 Å². The third kappa shape index (κ3) is 5.70. The summed E-state index contributed by atoms with van der Waals surface area (Å²) in [6, 6.07) is 13.5. The van der Waals surface area contributed by atoms with E-state index in [2.05, 4.69) is 10.1 Å². The first kappa shape index (κ1) is 21.2. The van der Waals surface area contributed by atoms with Gasteiger partial charge in [-0.3, -0.25) is 0 Å². The largest absolute Gasteiger partial charge is 0.496 e. The van der Waals surface area contributed by atoms with Crippen LogP contribution in [0, 0.1) is 0 Å². The molecule has 3 N–H and O–H groups in total. The second-order valence-electron chi connectivity index (χ2n) is 5.90. The van der Waals surface area contributed by atoms with Crippen molar-refractivity contribution < 1.29 is 34.0 Å². The molecule has 28 heavy (non-hydrogen) atoms. The Morgan fingerprint density at radius 2 is 1.79 bits per heavy atom. The van der Waals surface area contributed by atoms with Crippen LogP contribution in [0.3, 0.4) is 0 Å². The number of alkyl carbamates (subject to hydrolysis) is 1. The van der Waals surface area contributed by atoms with E-state index in [9.17, 15) is 19.8 Å². The number of rotatable bonds is 8. The van der Waals surface area contributed by atoms with Crippen molar-refractivity contribution >= 4 is 12.1 Å². The van der Waals surface area contributed by atoms with Gasteiger partial charge in [0.05, 0.1) is 19.8 Å². The van der Waals surface area contributed by atoms with Gasteiger partial charge in [0.25, 0.3) is 0 Å². The van der Waals surface area contributed by atoms with Crippen LogP contribution >= 0.6 is 0 Å². The Bertz CT molecular complexity index is 794. The molecule has 0 aromatic heterocycles. The summed E-state index contributed by atoms with van der Waals surface area (Å²) in [6.45, 7) is -0.180. The zero-order valence-electron chi connectivity index (χ0n) is 15.6. The molecule has 2 aromatic rings. The lowest BCUT2D eigenvalue weighted by molar-refractivity contribution is 0.0170. The number of methoxy groups -OCH3 is 2. The Hall–Kier alpha value is -3.10. The van der Waals surface area contributed by atoms with Gasteiger partial charge in [0, 0.05) is 12.1 Å². The van der Waals surface area contributed by atoms with Gasteiger partial charge >= 0.3 is 12.1 Å². The smallest absolute Gasteiger partial charge is 0.407 e. The molecule has 0 fully saturated rings. The van der Waals surface area contributed by atoms with Gasteiger partial charge in [-0.1, -0.05) is 30.3 Å². The summed E-state index contributed by atoms with van der Waals surface area (Å²) in [4.78, 5) is 23.5. The van der Waals surface area contributed by atoms with Crippen molar-refractivity contribution in [3.05, 3.63) is 65.2 Å². The van der Waals surface area contributed by atoms with Crippen LogP contribution in [0.1, 0.15) is 27.6 Å². The molecule has 0 aliphatic rings. The van der Waals surface area contributed by atoms with Crippen molar-refractivity contribution in [1.82, 2.24) is 5.32 Å². The molecule has 0 aliphatic heterocycles. The lowest BCUT2D eigenvalue weighted by atomic mass is 10.0. The monoisotopic (exact) mass is 389 g/mol. The molecule has 0 spiro atoms. The zero-order chi connectivity index (χ0) is 20.5. The highest BCUT2D eigenvalue weighted by Crippen LogP contribution is 2.28. The summed E-state index contributed by atoms with van der Waals surface area (Å²) in [7, 11) is 2.64. The molecule has 0 heterocycles. The summed E-state index contributed by atoms with van der Waals surface area (Å²) in [5.41, 5.74) is 1.21. The van der Waals surface area contributed by atoms with Crippen LogP contribution in [0.5, 0.6) is 5.75 Å². The van der Waals surface area contributed by atoms with Crippen LogP contribution in [0.25, 0.3) is 0 Å². The highest BCUT2D eigenvalue weighted by Gasteiger charge is 2.24. The van der Waals surface area contributed by atoms with E-state index < -0.39 is 24.3 Å². The third-order valence-electron chi connectivity index (χ3n) is 4.00. The Morgan fingerprint density at radius 1 is 1.07 bits per heavy atom. The minimum atomic E-state index is -1.41. The van der Waals surface area contributed by atoms with E-state index in [-0.39, 0.29) is 30.0 Å². The first-order chi connectivity index (χ1) is 13.5. The van der Waals surface area contributed by atoms with Gasteiger partial charge in [-0.05, 0) is 23.8 Å². The normalized spacial score (nSPS) is 12.6. The summed E-state index contributed by atoms with van der Waals surface area (Å²) in [6.07, 6.45) is -3.49. The molecular weight excluding hydrogens is 366 g/mol. The van der Waals surface area contributed by atoms with Crippen LogP contribution in [-0.2, 0) is 16.1 Å². The Balaban J connectivity index is 1.95. The van der Waals surface area contributed by atoms with Gasteiger partial charge in [0.15, 0.2) is 0 Å². The van der Waals surface area contributed by atoms with Crippen LogP contribution < -0.4 is 10.1 Å². The molecule has 2 atom stereocenters. The number of esters is 1. The first-order valence-electron chi connectivity index (χ1n) is 8.53. The minimum Gasteiger partial charge on any atom is -0.496 e. The number of amides is 1. The number of ether oxygens (including phenoxy) is 3. The Labute approximate surface area is 162 Å². The molecule has 150 valence electrons. The van der Waals surface area contributed by atoms with E-state index in [1.807, 2.05) is 30.3 Å². The van der Waals surface area contributed by atoms with E-state index in [1.54, 1.807) is 0 Å². The average molecular weight is 389 g/mol. The van der Waals surface area contributed by atoms with Crippen molar-refractivity contribution in [1.29, 1.82) is 0 Å². The van der Waals surface area contributed by atoms with Crippen LogP contribution in [0.15, 0.2) is 48.5 Å². The highest BCUT2D eigenvalue weighted by molar-refractivity contribution is 5.89. The molecule has 0 bridgehead atoms. The standard InChI is InChI=1S/C20H23NO7/c1-26-17-9-8-14(19(24)27-2)10-15(17)18(23)16(22)11-21-20(25)28-12-13-6-4-3-5-7-13/h3-10,16,18,22-23H,11-12H2,1-2H3,(H,21,25). The first-order valence-corrected chi connectivity index (χ1v) is 8.53. The van der Waals surface area contributed by atoms with E-state index in [4.69, 9.17) is 9.47 Å². The van der Waals surface area contributed by atoms with Crippen molar-refractivity contribution in [3.8, 4) is 5.75 Å². The molecule has 0 aliphatic carbocycles. The van der Waals surface area contributed by atoms with Gasteiger partial charge in [-0.25, -0.2) is 9.59 Å². The number of aliphatic hydroxyl groups excluding tert-OH is 2. The summed E-state index contributed by atoms with van der Waals surface area (Å²) < 4.78 is 14.9. The van der Waals surface area contributed by atoms with Crippen molar-refractivity contribution in [2.24, 2.45) is 0 Å². The van der Waals surface area contributed by atoms with Gasteiger partial charge in [-0.15, -0.1) is 0 Å². The third-order valence-corrected chi connectivity index (χ3v) is 4.00. The summed E-state index contributed by atoms with van der Waals surface area (Å²) in [5, 5.41) is 23.0. The topological polar surface area (TPSA) is 114 Å². The lowest BCUT2D eigenvalue weighted by Gasteiger charge is -2.21. The van der Waals surface area contributed by atoms with Crippen molar-refractivity contribution in [2.75, 3.05) is 20.8 Å². The predicted molar refractivity (Wildman–Crippen MR) is 99.9 cm³/mol. The Morgan fingerprint density at radius 3 is 2.43 bits per heavy atom. The van der Waals surface area contributed by atoms with E-state index in [0.29, 0.717) is 0 Å². The number of benzene rings is 2. The van der Waals surface area contributed by atoms with Gasteiger partial charge in [0.1, 0.15) is 24.6 Å². The fourth-order valence-corrected chi connectivity index (χ4v) is 2.49. The van der Waals surface area contributed by atoms with Crippen LogP contribution in [0.2, 0.25) is 0 Å². The maximum atomic E-state index is 11.8. The minimum absolute atomic E-state index is 0.0837. The molecule has 8 nitrogen and oxygen atoms in total. The summed E-state index contributed by atoms with van der Waals surface area (Å²) in [5.74, 6) is -0.306. The predicted octanol–water partition coefficient (Wildman–Crippen LogP) is 1.80. The lowest BCUT2D eigenvalue weighted by Crippen LogP contribution is -2.36. The fourth-order valence-electron chi connectivity index (χ4n) is 2.49. The molecule has 2 rings (SSSR count). The molecular formula is C20H23NO7. The van der Waals surface area contributed by atoms with Crippen molar-refractivity contribution in [3.63, 3.8) is 0 Å². The summed E-state index contributed by atoms with van der Waals surface area (Å²) >= 11 is 0. The molecule has 0 saturated carbocycles. The number of carbonyl (C=O) groups excluding carboxylic acids is 2. The SMILES string of the molecule is COC(=O)c1ccc(OC)c(C(O)C(O)CNC(=O)OCc2ccccc2)c1. The highest BCUT2D eigenvalue weighted by atomic mass is 16.5. The second-order valence-corrected chi connectivity index (χ2v) is 5.90. The maximum absolute atomic E-state index is 11.8. The van der Waals surface area contributed by atoms with E-state index in [0.717, 1.165) is 5.56 Å². The molecule has 1 amide bonds. The zero-order valence-corrected chi connectivity index (χ0v) is 15.6. The van der Waals surface area contributed by atoms with Crippen LogP contribution in [0.4, 0.5) is 4.79 Å².